The van der Waals surface area contributed by atoms with Crippen molar-refractivity contribution < 1.29 is 14.3 Å². The van der Waals surface area contributed by atoms with E-state index < -0.39 is 5.97 Å². The third-order valence-corrected chi connectivity index (χ3v) is 6.75. The molecule has 0 fully saturated rings. The Morgan fingerprint density at radius 1 is 0.868 bits per heavy atom. The number of carbonyl (C=O) groups is 1. The molecule has 0 amide bonds. The summed E-state index contributed by atoms with van der Waals surface area (Å²) >= 11 is 0. The van der Waals surface area contributed by atoms with Gasteiger partial charge in [-0.1, -0.05) is 59.3 Å². The van der Waals surface area contributed by atoms with Crippen LogP contribution in [-0.4, -0.2) is 15.9 Å². The van der Waals surface area contributed by atoms with Gasteiger partial charge in [-0.25, -0.2) is 14.8 Å². The van der Waals surface area contributed by atoms with Gasteiger partial charge in [0.15, 0.2) is 5.82 Å². The summed E-state index contributed by atoms with van der Waals surface area (Å²) in [4.78, 5) is 21.6. The number of allylic oxidation sites excluding steroid dienone is 1. The predicted molar refractivity (Wildman–Crippen MR) is 154 cm³/mol. The average Bonchev–Trinajstić information content (AvgIpc) is 2.96. The van der Waals surface area contributed by atoms with Gasteiger partial charge in [0.25, 0.3) is 0 Å². The third kappa shape index (κ3) is 10.1. The molecule has 1 unspecified atom stereocenters. The lowest BCUT2D eigenvalue weighted by atomic mass is 10.00. The standard InChI is InChI=1S/C33H42N2O3/c1-4-6-7-8-9-12-23-37-30-19-17-29(18-20-30)33(36)38-31-21-15-28(16-22-31)32-34-24-27(25-35-32)14-11-10-13-26(3)5-2/h12,15-26H,4-11,13-14H2,1-3H3. The largest absolute Gasteiger partial charge is 0.465 e. The van der Waals surface area contributed by atoms with Gasteiger partial charge < -0.3 is 9.47 Å². The molecule has 202 valence electrons. The Bertz CT molecular complexity index is 1110. The van der Waals surface area contributed by atoms with Crippen molar-refractivity contribution in [3.8, 4) is 22.9 Å². The molecule has 3 aromatic rings. The molecule has 0 aliphatic carbocycles. The van der Waals surface area contributed by atoms with Crippen LogP contribution < -0.4 is 9.47 Å². The smallest absolute Gasteiger partial charge is 0.343 e. The summed E-state index contributed by atoms with van der Waals surface area (Å²) in [5.41, 5.74) is 2.51. The maximum absolute atomic E-state index is 12.6. The van der Waals surface area contributed by atoms with Crippen molar-refractivity contribution in [2.75, 3.05) is 0 Å². The highest BCUT2D eigenvalue weighted by Crippen LogP contribution is 2.21. The first-order valence-electron chi connectivity index (χ1n) is 14.1. The van der Waals surface area contributed by atoms with Crippen molar-refractivity contribution in [2.24, 2.45) is 5.92 Å². The van der Waals surface area contributed by atoms with Gasteiger partial charge in [-0.15, -0.1) is 0 Å². The number of ether oxygens (including phenoxy) is 2. The van der Waals surface area contributed by atoms with E-state index in [1.54, 1.807) is 42.7 Å². The van der Waals surface area contributed by atoms with Crippen LogP contribution in [0.4, 0.5) is 0 Å². The molecule has 1 heterocycles. The zero-order chi connectivity index (χ0) is 27.0. The van der Waals surface area contributed by atoms with Crippen molar-refractivity contribution in [2.45, 2.75) is 85.0 Å². The summed E-state index contributed by atoms with van der Waals surface area (Å²) in [6, 6.07) is 14.2. The summed E-state index contributed by atoms with van der Waals surface area (Å²) in [5, 5.41) is 0. The van der Waals surface area contributed by atoms with Gasteiger partial charge in [-0.05, 0) is 91.8 Å². The van der Waals surface area contributed by atoms with E-state index in [0.717, 1.165) is 24.3 Å². The molecule has 5 heteroatoms. The summed E-state index contributed by atoms with van der Waals surface area (Å²) in [6.07, 6.45) is 19.5. The van der Waals surface area contributed by atoms with Gasteiger partial charge in [0.1, 0.15) is 11.5 Å². The summed E-state index contributed by atoms with van der Waals surface area (Å²) in [6.45, 7) is 6.77. The first-order valence-corrected chi connectivity index (χ1v) is 14.1. The van der Waals surface area contributed by atoms with E-state index in [4.69, 9.17) is 9.47 Å². The minimum absolute atomic E-state index is 0.412. The maximum Gasteiger partial charge on any atom is 0.343 e. The first kappa shape index (κ1) is 29.1. The van der Waals surface area contributed by atoms with Gasteiger partial charge in [-0.2, -0.15) is 0 Å². The predicted octanol–water partition coefficient (Wildman–Crippen LogP) is 8.98. The lowest BCUT2D eigenvalue weighted by Crippen LogP contribution is -2.08. The molecule has 1 aromatic heterocycles. The Labute approximate surface area is 228 Å². The van der Waals surface area contributed by atoms with Gasteiger partial charge in [0, 0.05) is 18.0 Å². The summed E-state index contributed by atoms with van der Waals surface area (Å²) < 4.78 is 11.2. The lowest BCUT2D eigenvalue weighted by molar-refractivity contribution is 0.0734. The molecule has 3 rings (SSSR count). The molecule has 0 bridgehead atoms. The molecule has 5 nitrogen and oxygen atoms in total. The van der Waals surface area contributed by atoms with E-state index >= 15 is 0 Å². The number of nitrogens with zero attached hydrogens (tertiary/aromatic N) is 2. The number of aryl methyl sites for hydroxylation is 1. The maximum atomic E-state index is 12.6. The Hall–Kier alpha value is -3.47. The lowest BCUT2D eigenvalue weighted by Gasteiger charge is -2.08. The Morgan fingerprint density at radius 3 is 2.26 bits per heavy atom. The second-order valence-corrected chi connectivity index (χ2v) is 9.95. The van der Waals surface area contributed by atoms with Gasteiger partial charge in [0.05, 0.1) is 11.8 Å². The third-order valence-electron chi connectivity index (χ3n) is 6.75. The molecule has 0 aliphatic rings. The van der Waals surface area contributed by atoms with E-state index in [1.807, 2.05) is 30.6 Å². The second kappa shape index (κ2) is 16.4. The van der Waals surface area contributed by atoms with Crippen LogP contribution in [0.5, 0.6) is 11.5 Å². The molecule has 0 saturated carbocycles. The number of rotatable bonds is 16. The molecule has 0 N–H and O–H groups in total. The van der Waals surface area contributed by atoms with Crippen LogP contribution in [0.1, 0.15) is 94.5 Å². The van der Waals surface area contributed by atoms with E-state index in [1.165, 1.54) is 56.9 Å². The minimum atomic E-state index is -0.412. The molecule has 0 radical (unpaired) electrons. The molecule has 0 saturated heterocycles. The number of esters is 1. The highest BCUT2D eigenvalue weighted by atomic mass is 16.5. The zero-order valence-corrected chi connectivity index (χ0v) is 23.2. The van der Waals surface area contributed by atoms with Crippen molar-refractivity contribution in [3.63, 3.8) is 0 Å². The van der Waals surface area contributed by atoms with Crippen LogP contribution in [0, 0.1) is 5.92 Å². The van der Waals surface area contributed by atoms with Crippen LogP contribution in [0.15, 0.2) is 73.3 Å². The topological polar surface area (TPSA) is 61.3 Å². The quantitative estimate of drug-likeness (QED) is 0.0826. The minimum Gasteiger partial charge on any atom is -0.465 e. The van der Waals surface area contributed by atoms with E-state index in [9.17, 15) is 4.79 Å². The van der Waals surface area contributed by atoms with Gasteiger partial charge in [0.2, 0.25) is 0 Å². The molecule has 38 heavy (non-hydrogen) atoms. The highest BCUT2D eigenvalue weighted by molar-refractivity contribution is 5.91. The summed E-state index contributed by atoms with van der Waals surface area (Å²) in [7, 11) is 0. The fourth-order valence-corrected chi connectivity index (χ4v) is 4.05. The fourth-order valence-electron chi connectivity index (χ4n) is 4.05. The normalized spacial score (nSPS) is 12.0. The zero-order valence-electron chi connectivity index (χ0n) is 23.2. The monoisotopic (exact) mass is 514 g/mol. The number of hydrogen-bond acceptors (Lipinski definition) is 5. The van der Waals surface area contributed by atoms with Crippen LogP contribution in [0.3, 0.4) is 0 Å². The van der Waals surface area contributed by atoms with E-state index in [0.29, 0.717) is 22.9 Å². The number of benzene rings is 2. The van der Waals surface area contributed by atoms with E-state index in [-0.39, 0.29) is 0 Å². The highest BCUT2D eigenvalue weighted by Gasteiger charge is 2.10. The Kier molecular flexibility index (Phi) is 12.5. The van der Waals surface area contributed by atoms with Crippen LogP contribution in [0.2, 0.25) is 0 Å². The summed E-state index contributed by atoms with van der Waals surface area (Å²) in [5.74, 6) is 2.21. The Morgan fingerprint density at radius 2 is 1.58 bits per heavy atom. The van der Waals surface area contributed by atoms with Crippen molar-refractivity contribution >= 4 is 5.97 Å². The van der Waals surface area contributed by atoms with Crippen molar-refractivity contribution in [1.29, 1.82) is 0 Å². The molecule has 1 atom stereocenters. The van der Waals surface area contributed by atoms with Crippen LogP contribution >= 0.6 is 0 Å². The van der Waals surface area contributed by atoms with E-state index in [2.05, 4.69) is 30.7 Å². The number of carbonyl (C=O) groups excluding carboxylic acids is 1. The van der Waals surface area contributed by atoms with Crippen LogP contribution in [-0.2, 0) is 6.42 Å². The molecular formula is C33H42N2O3. The second-order valence-electron chi connectivity index (χ2n) is 9.95. The van der Waals surface area contributed by atoms with Crippen molar-refractivity contribution in [1.82, 2.24) is 9.97 Å². The number of hydrogen-bond donors (Lipinski definition) is 0. The van der Waals surface area contributed by atoms with Crippen molar-refractivity contribution in [3.05, 3.63) is 84.4 Å². The van der Waals surface area contributed by atoms with Gasteiger partial charge in [-0.3, -0.25) is 0 Å². The SMILES string of the molecule is CCCCCCC=COc1ccc(C(=O)Oc2ccc(-c3ncc(CCCCC(C)CC)cn3)cc2)cc1. The van der Waals surface area contributed by atoms with Gasteiger partial charge >= 0.3 is 5.97 Å². The van der Waals surface area contributed by atoms with Crippen LogP contribution in [0.25, 0.3) is 11.4 Å². The molecular weight excluding hydrogens is 472 g/mol. The number of aromatic nitrogens is 2. The molecule has 0 aliphatic heterocycles. The molecule has 0 spiro atoms. The molecule has 2 aromatic carbocycles. The number of unbranched alkanes of at least 4 members (excludes halogenated alkanes) is 5. The fraction of sp³-hybridized carbons (Fsp3) is 0.424. The average molecular weight is 515 g/mol. The first-order chi connectivity index (χ1) is 18.6. The Balaban J connectivity index is 1.44.